The lowest BCUT2D eigenvalue weighted by Crippen LogP contribution is -2.07. The minimum atomic E-state index is 0.166. The zero-order valence-corrected chi connectivity index (χ0v) is 13.5. The molecule has 0 bridgehead atoms. The van der Waals surface area contributed by atoms with Crippen LogP contribution < -0.4 is 0 Å². The van der Waals surface area contributed by atoms with Gasteiger partial charge in [-0.25, -0.2) is 9.97 Å². The third-order valence-corrected chi connectivity index (χ3v) is 5.88. The molecule has 0 aliphatic carbocycles. The lowest BCUT2D eigenvalue weighted by Gasteiger charge is -2.15. The van der Waals surface area contributed by atoms with E-state index in [9.17, 15) is 0 Å². The highest BCUT2D eigenvalue weighted by molar-refractivity contribution is 7.98. The largest absolute Gasteiger partial charge is 0.231 e. The van der Waals surface area contributed by atoms with E-state index in [0.29, 0.717) is 5.15 Å². The zero-order valence-electron chi connectivity index (χ0n) is 11.2. The van der Waals surface area contributed by atoms with E-state index in [1.807, 2.05) is 11.8 Å². The maximum Gasteiger partial charge on any atom is 0.171 e. The number of halogens is 1. The molecule has 3 heterocycles. The van der Waals surface area contributed by atoms with Gasteiger partial charge in [0.25, 0.3) is 0 Å². The van der Waals surface area contributed by atoms with E-state index < -0.39 is 0 Å². The molecular weight excluding hydrogens is 296 g/mol. The second kappa shape index (κ2) is 4.76. The van der Waals surface area contributed by atoms with Gasteiger partial charge in [-0.3, -0.25) is 0 Å². The number of thioether (sulfide) groups is 1. The molecule has 1 aliphatic rings. The summed E-state index contributed by atoms with van der Waals surface area (Å²) in [6, 6.07) is 4.27. The van der Waals surface area contributed by atoms with Crippen molar-refractivity contribution in [2.75, 3.05) is 0 Å². The number of thiophene rings is 1. The van der Waals surface area contributed by atoms with Gasteiger partial charge in [0, 0.05) is 21.9 Å². The summed E-state index contributed by atoms with van der Waals surface area (Å²) in [7, 11) is 0. The third kappa shape index (κ3) is 2.54. The van der Waals surface area contributed by atoms with Crippen molar-refractivity contribution in [2.24, 2.45) is 0 Å². The van der Waals surface area contributed by atoms with Gasteiger partial charge in [0.1, 0.15) is 5.15 Å². The van der Waals surface area contributed by atoms with E-state index in [-0.39, 0.29) is 5.41 Å². The van der Waals surface area contributed by atoms with Crippen LogP contribution in [-0.2, 0) is 16.9 Å². The van der Waals surface area contributed by atoms with Crippen molar-refractivity contribution in [2.45, 2.75) is 37.7 Å². The first kappa shape index (κ1) is 13.4. The van der Waals surface area contributed by atoms with Crippen molar-refractivity contribution in [3.8, 4) is 10.7 Å². The molecular formula is C14H15ClN2S2. The molecule has 2 aromatic rings. The summed E-state index contributed by atoms with van der Waals surface area (Å²) in [5.74, 6) is 2.65. The monoisotopic (exact) mass is 310 g/mol. The molecule has 0 fully saturated rings. The second-order valence-electron chi connectivity index (χ2n) is 5.67. The molecule has 19 heavy (non-hydrogen) atoms. The average Bonchev–Trinajstić information content (AvgIpc) is 2.96. The molecule has 100 valence electrons. The lowest BCUT2D eigenvalue weighted by atomic mass is 9.95. The van der Waals surface area contributed by atoms with Gasteiger partial charge in [0.2, 0.25) is 0 Å². The first-order valence-corrected chi connectivity index (χ1v) is 8.54. The normalized spacial score (nSPS) is 14.7. The third-order valence-electron chi connectivity index (χ3n) is 3.09. The Morgan fingerprint density at radius 2 is 1.95 bits per heavy atom. The molecule has 5 heteroatoms. The number of fused-ring (bicyclic) bond motifs is 1. The molecule has 0 amide bonds. The van der Waals surface area contributed by atoms with Crippen molar-refractivity contribution in [3.63, 3.8) is 0 Å². The summed E-state index contributed by atoms with van der Waals surface area (Å²) in [6.45, 7) is 6.65. The molecule has 0 aromatic carbocycles. The Balaban J connectivity index is 2.03. The number of rotatable bonds is 1. The SMILES string of the molecule is CC(C)(C)c1ccc(-c2nc(Cl)c3c(n2)CSC3)s1. The van der Waals surface area contributed by atoms with Gasteiger partial charge in [-0.1, -0.05) is 32.4 Å². The van der Waals surface area contributed by atoms with Gasteiger partial charge in [0.15, 0.2) is 5.82 Å². The van der Waals surface area contributed by atoms with Crippen LogP contribution in [0.5, 0.6) is 0 Å². The van der Waals surface area contributed by atoms with Crippen molar-refractivity contribution in [1.82, 2.24) is 9.97 Å². The van der Waals surface area contributed by atoms with Gasteiger partial charge in [-0.2, -0.15) is 11.8 Å². The summed E-state index contributed by atoms with van der Waals surface area (Å²) in [5, 5.41) is 0.621. The number of aromatic nitrogens is 2. The molecule has 0 unspecified atom stereocenters. The number of hydrogen-bond acceptors (Lipinski definition) is 4. The van der Waals surface area contributed by atoms with E-state index >= 15 is 0 Å². The Kier molecular flexibility index (Phi) is 3.36. The molecule has 0 spiro atoms. The van der Waals surface area contributed by atoms with Gasteiger partial charge >= 0.3 is 0 Å². The maximum absolute atomic E-state index is 6.26. The first-order chi connectivity index (χ1) is 8.95. The molecule has 2 nitrogen and oxygen atoms in total. The fourth-order valence-electron chi connectivity index (χ4n) is 1.98. The zero-order chi connectivity index (χ0) is 13.6. The van der Waals surface area contributed by atoms with Crippen LogP contribution in [0.3, 0.4) is 0 Å². The minimum Gasteiger partial charge on any atom is -0.231 e. The molecule has 0 N–H and O–H groups in total. The maximum atomic E-state index is 6.26. The van der Waals surface area contributed by atoms with Gasteiger partial charge in [-0.15, -0.1) is 11.3 Å². The quantitative estimate of drug-likeness (QED) is 0.700. The molecule has 3 rings (SSSR count). The lowest BCUT2D eigenvalue weighted by molar-refractivity contribution is 0.604. The van der Waals surface area contributed by atoms with Crippen LogP contribution in [-0.4, -0.2) is 9.97 Å². The van der Waals surface area contributed by atoms with Gasteiger partial charge in [-0.05, 0) is 17.5 Å². The predicted molar refractivity (Wildman–Crippen MR) is 84.1 cm³/mol. The van der Waals surface area contributed by atoms with Gasteiger partial charge in [0.05, 0.1) is 10.6 Å². The van der Waals surface area contributed by atoms with Crippen LogP contribution >= 0.6 is 34.7 Å². The van der Waals surface area contributed by atoms with E-state index in [2.05, 4.69) is 42.9 Å². The van der Waals surface area contributed by atoms with Crippen LogP contribution in [0.2, 0.25) is 5.15 Å². The van der Waals surface area contributed by atoms with E-state index in [1.165, 1.54) is 4.88 Å². The molecule has 0 atom stereocenters. The smallest absolute Gasteiger partial charge is 0.171 e. The Morgan fingerprint density at radius 3 is 2.63 bits per heavy atom. The summed E-state index contributed by atoms with van der Waals surface area (Å²) >= 11 is 9.87. The van der Waals surface area contributed by atoms with Crippen LogP contribution in [0.4, 0.5) is 0 Å². The van der Waals surface area contributed by atoms with Crippen molar-refractivity contribution in [1.29, 1.82) is 0 Å². The standard InChI is InChI=1S/C14H15ClN2S2/c1-14(2,3)11-5-4-10(19-11)13-16-9-7-18-6-8(9)12(15)17-13/h4-5H,6-7H2,1-3H3. The Hall–Kier alpha value is -0.580. The highest BCUT2D eigenvalue weighted by Gasteiger charge is 2.21. The van der Waals surface area contributed by atoms with Crippen molar-refractivity contribution < 1.29 is 0 Å². The Labute approximate surface area is 126 Å². The molecule has 2 aromatic heterocycles. The summed E-state index contributed by atoms with van der Waals surface area (Å²) in [5.41, 5.74) is 2.38. The predicted octanol–water partition coefficient (Wildman–Crippen LogP) is 4.90. The van der Waals surface area contributed by atoms with Crippen LogP contribution in [0.15, 0.2) is 12.1 Å². The molecule has 1 aliphatic heterocycles. The molecule has 0 saturated carbocycles. The average molecular weight is 311 g/mol. The topological polar surface area (TPSA) is 25.8 Å². The highest BCUT2D eigenvalue weighted by atomic mass is 35.5. The highest BCUT2D eigenvalue weighted by Crippen LogP contribution is 2.37. The Morgan fingerprint density at radius 1 is 1.16 bits per heavy atom. The van der Waals surface area contributed by atoms with Crippen LogP contribution in [0, 0.1) is 0 Å². The second-order valence-corrected chi connectivity index (χ2v) is 8.10. The van der Waals surface area contributed by atoms with Crippen LogP contribution in [0.25, 0.3) is 10.7 Å². The Bertz CT molecular complexity index is 629. The first-order valence-electron chi connectivity index (χ1n) is 6.19. The van der Waals surface area contributed by atoms with Crippen molar-refractivity contribution >= 4 is 34.7 Å². The minimum absolute atomic E-state index is 0.166. The number of hydrogen-bond donors (Lipinski definition) is 0. The molecule has 0 radical (unpaired) electrons. The van der Waals surface area contributed by atoms with E-state index in [1.54, 1.807) is 11.3 Å². The van der Waals surface area contributed by atoms with Crippen LogP contribution in [0.1, 0.15) is 36.9 Å². The number of nitrogens with zero attached hydrogens (tertiary/aromatic N) is 2. The molecule has 0 saturated heterocycles. The summed E-state index contributed by atoms with van der Waals surface area (Å²) in [6.07, 6.45) is 0. The summed E-state index contributed by atoms with van der Waals surface area (Å²) < 4.78 is 0. The fraction of sp³-hybridized carbons (Fsp3) is 0.429. The summed E-state index contributed by atoms with van der Waals surface area (Å²) in [4.78, 5) is 11.6. The van der Waals surface area contributed by atoms with E-state index in [0.717, 1.165) is 33.5 Å². The van der Waals surface area contributed by atoms with E-state index in [4.69, 9.17) is 11.6 Å². The fourth-order valence-corrected chi connectivity index (χ4v) is 4.36. The van der Waals surface area contributed by atoms with Gasteiger partial charge < -0.3 is 0 Å². The van der Waals surface area contributed by atoms with Crippen molar-refractivity contribution in [3.05, 3.63) is 33.4 Å².